The van der Waals surface area contributed by atoms with Gasteiger partial charge in [-0.2, -0.15) is 0 Å². The Labute approximate surface area is 143 Å². The number of aliphatic hydroxyl groups is 1. The normalized spacial score (nSPS) is 13.6. The van der Waals surface area contributed by atoms with Crippen LogP contribution in [0.2, 0.25) is 0 Å². The van der Waals surface area contributed by atoms with E-state index in [1.165, 1.54) is 0 Å². The Morgan fingerprint density at radius 2 is 1.96 bits per heavy atom. The lowest BCUT2D eigenvalue weighted by Gasteiger charge is -2.25. The Morgan fingerprint density at radius 3 is 2.54 bits per heavy atom. The highest BCUT2D eigenvalue weighted by Crippen LogP contribution is 2.30. The average Bonchev–Trinajstić information content (AvgIpc) is 2.61. The van der Waals surface area contributed by atoms with E-state index in [-0.39, 0.29) is 6.04 Å². The van der Waals surface area contributed by atoms with Crippen LogP contribution in [0, 0.1) is 5.92 Å². The molecule has 2 unspecified atom stereocenters. The number of benzene rings is 1. The molecule has 0 saturated carbocycles. The highest BCUT2D eigenvalue weighted by molar-refractivity contribution is 5.41. The second kappa shape index (κ2) is 8.66. The number of nitrogens with one attached hydrogen (secondary N) is 1. The number of methoxy groups -OCH3 is 2. The number of aliphatic hydroxyl groups excluding tert-OH is 1. The lowest BCUT2D eigenvalue weighted by molar-refractivity contribution is 0.161. The third kappa shape index (κ3) is 4.46. The fourth-order valence-corrected chi connectivity index (χ4v) is 2.75. The van der Waals surface area contributed by atoms with Gasteiger partial charge in [0, 0.05) is 30.5 Å². The van der Waals surface area contributed by atoms with Crippen LogP contribution in [-0.2, 0) is 0 Å². The van der Waals surface area contributed by atoms with Crippen LogP contribution in [0.3, 0.4) is 0 Å². The largest absolute Gasteiger partial charge is 0.497 e. The average molecular weight is 330 g/mol. The molecule has 0 aliphatic carbocycles. The standard InChI is InChI=1S/C19H26N2O3/c1-13(2)19(14-6-5-9-20-11-14)21-12-17(22)16-10-15(23-3)7-8-18(16)24-4/h5-11,13,17,19,21-22H,12H2,1-4H3. The monoisotopic (exact) mass is 330 g/mol. The molecule has 1 heterocycles. The second-order valence-electron chi connectivity index (χ2n) is 6.04. The molecule has 2 rings (SSSR count). The number of nitrogens with zero attached hydrogens (tertiary/aromatic N) is 1. The Morgan fingerprint density at radius 1 is 1.17 bits per heavy atom. The van der Waals surface area contributed by atoms with Crippen molar-refractivity contribution in [2.24, 2.45) is 5.92 Å². The lowest BCUT2D eigenvalue weighted by Crippen LogP contribution is -2.30. The molecule has 24 heavy (non-hydrogen) atoms. The topological polar surface area (TPSA) is 63.6 Å². The SMILES string of the molecule is COc1ccc(OC)c(C(O)CNC(c2cccnc2)C(C)C)c1. The molecule has 0 saturated heterocycles. The predicted octanol–water partition coefficient (Wildman–Crippen LogP) is 3.12. The van der Waals surface area contributed by atoms with Gasteiger partial charge in [0.1, 0.15) is 11.5 Å². The molecular formula is C19H26N2O3. The first kappa shape index (κ1) is 18.2. The Hall–Kier alpha value is -2.11. The minimum atomic E-state index is -0.701. The van der Waals surface area contributed by atoms with Crippen molar-refractivity contribution in [2.75, 3.05) is 20.8 Å². The zero-order chi connectivity index (χ0) is 17.5. The van der Waals surface area contributed by atoms with E-state index in [0.717, 1.165) is 5.56 Å². The summed E-state index contributed by atoms with van der Waals surface area (Å²) in [7, 11) is 3.20. The molecule has 0 radical (unpaired) electrons. The Kier molecular flexibility index (Phi) is 6.58. The van der Waals surface area contributed by atoms with E-state index in [1.54, 1.807) is 32.5 Å². The van der Waals surface area contributed by atoms with E-state index in [2.05, 4.69) is 24.1 Å². The summed E-state index contributed by atoms with van der Waals surface area (Å²) >= 11 is 0. The van der Waals surface area contributed by atoms with Crippen LogP contribution in [-0.4, -0.2) is 30.9 Å². The summed E-state index contributed by atoms with van der Waals surface area (Å²) < 4.78 is 10.6. The highest BCUT2D eigenvalue weighted by atomic mass is 16.5. The fourth-order valence-electron chi connectivity index (χ4n) is 2.75. The van der Waals surface area contributed by atoms with Gasteiger partial charge in [-0.3, -0.25) is 4.98 Å². The van der Waals surface area contributed by atoms with E-state index in [1.807, 2.05) is 24.4 Å². The van der Waals surface area contributed by atoms with Crippen LogP contribution in [0.5, 0.6) is 11.5 Å². The molecule has 5 nitrogen and oxygen atoms in total. The van der Waals surface area contributed by atoms with E-state index >= 15 is 0 Å². The van der Waals surface area contributed by atoms with Gasteiger partial charge in [-0.25, -0.2) is 0 Å². The van der Waals surface area contributed by atoms with Crippen molar-refractivity contribution in [2.45, 2.75) is 26.0 Å². The quantitative estimate of drug-likeness (QED) is 0.778. The smallest absolute Gasteiger partial charge is 0.124 e. The summed E-state index contributed by atoms with van der Waals surface area (Å²) in [6.07, 6.45) is 2.92. The van der Waals surface area contributed by atoms with Crippen LogP contribution < -0.4 is 14.8 Å². The van der Waals surface area contributed by atoms with Gasteiger partial charge in [-0.1, -0.05) is 19.9 Å². The molecular weight excluding hydrogens is 304 g/mol. The van der Waals surface area contributed by atoms with Crippen LogP contribution >= 0.6 is 0 Å². The number of hydrogen-bond donors (Lipinski definition) is 2. The van der Waals surface area contributed by atoms with Gasteiger partial charge >= 0.3 is 0 Å². The first-order valence-electron chi connectivity index (χ1n) is 8.10. The van der Waals surface area contributed by atoms with Crippen molar-refractivity contribution in [1.82, 2.24) is 10.3 Å². The van der Waals surface area contributed by atoms with E-state index < -0.39 is 6.10 Å². The van der Waals surface area contributed by atoms with E-state index in [4.69, 9.17) is 9.47 Å². The van der Waals surface area contributed by atoms with Gasteiger partial charge in [0.25, 0.3) is 0 Å². The molecule has 5 heteroatoms. The third-order valence-electron chi connectivity index (χ3n) is 4.04. The van der Waals surface area contributed by atoms with E-state index in [9.17, 15) is 5.11 Å². The summed E-state index contributed by atoms with van der Waals surface area (Å²) in [5.41, 5.74) is 1.82. The molecule has 1 aromatic carbocycles. The summed E-state index contributed by atoms with van der Waals surface area (Å²) in [4.78, 5) is 4.18. The molecule has 0 aliphatic heterocycles. The summed E-state index contributed by atoms with van der Waals surface area (Å²) in [6.45, 7) is 4.69. The zero-order valence-electron chi connectivity index (χ0n) is 14.7. The van der Waals surface area contributed by atoms with Gasteiger partial charge in [0.2, 0.25) is 0 Å². The minimum absolute atomic E-state index is 0.116. The molecule has 0 spiro atoms. The molecule has 0 amide bonds. The van der Waals surface area contributed by atoms with Crippen molar-refractivity contribution in [3.8, 4) is 11.5 Å². The van der Waals surface area contributed by atoms with Crippen molar-refractivity contribution >= 4 is 0 Å². The summed E-state index contributed by atoms with van der Waals surface area (Å²) in [5, 5.41) is 14.1. The van der Waals surface area contributed by atoms with Gasteiger partial charge in [-0.05, 0) is 35.7 Å². The van der Waals surface area contributed by atoms with E-state index in [0.29, 0.717) is 29.5 Å². The third-order valence-corrected chi connectivity index (χ3v) is 4.04. The molecule has 2 atom stereocenters. The minimum Gasteiger partial charge on any atom is -0.497 e. The van der Waals surface area contributed by atoms with Crippen molar-refractivity contribution in [1.29, 1.82) is 0 Å². The maximum atomic E-state index is 10.6. The van der Waals surface area contributed by atoms with Crippen LogP contribution in [0.25, 0.3) is 0 Å². The number of hydrogen-bond acceptors (Lipinski definition) is 5. The lowest BCUT2D eigenvalue weighted by atomic mass is 9.97. The Balaban J connectivity index is 2.12. The van der Waals surface area contributed by atoms with Gasteiger partial charge in [0.15, 0.2) is 0 Å². The highest BCUT2D eigenvalue weighted by Gasteiger charge is 2.19. The predicted molar refractivity (Wildman–Crippen MR) is 94.3 cm³/mol. The number of rotatable bonds is 8. The first-order chi connectivity index (χ1) is 11.6. The first-order valence-corrected chi connectivity index (χ1v) is 8.10. The molecule has 2 aromatic rings. The maximum Gasteiger partial charge on any atom is 0.124 e. The maximum absolute atomic E-state index is 10.6. The Bertz CT molecular complexity index is 632. The molecule has 130 valence electrons. The fraction of sp³-hybridized carbons (Fsp3) is 0.421. The number of pyridine rings is 1. The molecule has 0 aliphatic rings. The number of aromatic nitrogens is 1. The van der Waals surface area contributed by atoms with Gasteiger partial charge < -0.3 is 19.9 Å². The van der Waals surface area contributed by atoms with Gasteiger partial charge in [0.05, 0.1) is 20.3 Å². The van der Waals surface area contributed by atoms with Crippen molar-refractivity contribution in [3.05, 3.63) is 53.9 Å². The molecule has 0 bridgehead atoms. The van der Waals surface area contributed by atoms with Crippen molar-refractivity contribution < 1.29 is 14.6 Å². The second-order valence-corrected chi connectivity index (χ2v) is 6.04. The van der Waals surface area contributed by atoms with Crippen molar-refractivity contribution in [3.63, 3.8) is 0 Å². The van der Waals surface area contributed by atoms with Gasteiger partial charge in [-0.15, -0.1) is 0 Å². The van der Waals surface area contributed by atoms with Crippen LogP contribution in [0.15, 0.2) is 42.7 Å². The number of ether oxygens (including phenoxy) is 2. The van der Waals surface area contributed by atoms with Crippen LogP contribution in [0.1, 0.15) is 37.1 Å². The summed E-state index contributed by atoms with van der Waals surface area (Å²) in [6, 6.07) is 9.51. The zero-order valence-corrected chi connectivity index (χ0v) is 14.7. The van der Waals surface area contributed by atoms with Crippen LogP contribution in [0.4, 0.5) is 0 Å². The molecule has 2 N–H and O–H groups in total. The molecule has 1 aromatic heterocycles. The summed E-state index contributed by atoms with van der Waals surface area (Å²) in [5.74, 6) is 1.71. The molecule has 0 fully saturated rings.